The van der Waals surface area contributed by atoms with Crippen molar-refractivity contribution in [3.63, 3.8) is 0 Å². The third-order valence-electron chi connectivity index (χ3n) is 4.90. The predicted octanol–water partition coefficient (Wildman–Crippen LogP) is 5.66. The van der Waals surface area contributed by atoms with Crippen LogP contribution in [-0.2, 0) is 14.8 Å². The number of ether oxygens (including phenoxy) is 1. The first-order valence-corrected chi connectivity index (χ1v) is 12.5. The Labute approximate surface area is 204 Å². The second-order valence-electron chi connectivity index (χ2n) is 7.63. The monoisotopic (exact) mass is 500 g/mol. The number of nitrogens with one attached hydrogen (secondary N) is 2. The van der Waals surface area contributed by atoms with Crippen LogP contribution in [-0.4, -0.2) is 26.9 Å². The molecule has 0 bridgehead atoms. The molecule has 7 nitrogen and oxygen atoms in total. The van der Waals surface area contributed by atoms with Crippen LogP contribution in [0, 0.1) is 6.92 Å². The van der Waals surface area contributed by atoms with Gasteiger partial charge in [-0.2, -0.15) is 0 Å². The van der Waals surface area contributed by atoms with Crippen LogP contribution in [0.5, 0.6) is 0 Å². The standard InChI is InChI=1S/C25H25ClN2O5S/c1-3-4-15-33-25(30)18-7-9-19(10-8-18)27-24(29)22-16-20(11-14-23(22)26)28-34(31,32)21-12-5-17(2)6-13-21/h5-14,16,28H,3-4,15H2,1-2H3,(H,27,29). The average Bonchev–Trinajstić information content (AvgIpc) is 2.81. The highest BCUT2D eigenvalue weighted by Crippen LogP contribution is 2.24. The molecule has 0 unspecified atom stereocenters. The van der Waals surface area contributed by atoms with Crippen molar-refractivity contribution in [2.24, 2.45) is 0 Å². The average molecular weight is 501 g/mol. The van der Waals surface area contributed by atoms with E-state index in [-0.39, 0.29) is 21.2 Å². The molecular weight excluding hydrogens is 476 g/mol. The van der Waals surface area contributed by atoms with Gasteiger partial charge in [0.05, 0.1) is 27.7 Å². The van der Waals surface area contributed by atoms with Crippen LogP contribution < -0.4 is 10.0 Å². The Kier molecular flexibility index (Phi) is 8.31. The van der Waals surface area contributed by atoms with Crippen molar-refractivity contribution in [3.05, 3.63) is 88.4 Å². The molecule has 0 heterocycles. The van der Waals surface area contributed by atoms with Gasteiger partial charge in [0.1, 0.15) is 0 Å². The molecule has 3 aromatic rings. The summed E-state index contributed by atoms with van der Waals surface area (Å²) in [4.78, 5) is 24.9. The van der Waals surface area contributed by atoms with Crippen molar-refractivity contribution in [2.75, 3.05) is 16.6 Å². The number of esters is 1. The minimum absolute atomic E-state index is 0.0915. The van der Waals surface area contributed by atoms with Crippen LogP contribution in [0.1, 0.15) is 46.0 Å². The molecule has 0 aliphatic carbocycles. The number of aryl methyl sites for hydroxylation is 1. The lowest BCUT2D eigenvalue weighted by molar-refractivity contribution is 0.0499. The van der Waals surface area contributed by atoms with E-state index in [0.29, 0.717) is 17.9 Å². The van der Waals surface area contributed by atoms with Gasteiger partial charge in [-0.1, -0.05) is 42.6 Å². The Morgan fingerprint density at radius 3 is 2.24 bits per heavy atom. The smallest absolute Gasteiger partial charge is 0.338 e. The van der Waals surface area contributed by atoms with Gasteiger partial charge in [0.2, 0.25) is 0 Å². The molecule has 178 valence electrons. The lowest BCUT2D eigenvalue weighted by Crippen LogP contribution is -2.16. The van der Waals surface area contributed by atoms with Gasteiger partial charge in [0, 0.05) is 11.4 Å². The zero-order chi connectivity index (χ0) is 24.7. The van der Waals surface area contributed by atoms with Gasteiger partial charge >= 0.3 is 5.97 Å². The lowest BCUT2D eigenvalue weighted by atomic mass is 10.1. The fourth-order valence-corrected chi connectivity index (χ4v) is 4.23. The molecule has 0 fully saturated rings. The summed E-state index contributed by atoms with van der Waals surface area (Å²) in [5.74, 6) is -0.956. The molecule has 0 saturated carbocycles. The van der Waals surface area contributed by atoms with Crippen LogP contribution in [0.15, 0.2) is 71.6 Å². The molecule has 0 aromatic heterocycles. The zero-order valence-corrected chi connectivity index (χ0v) is 20.4. The first-order chi connectivity index (χ1) is 16.2. The maximum absolute atomic E-state index is 12.8. The SMILES string of the molecule is CCCCOC(=O)c1ccc(NC(=O)c2cc(NS(=O)(=O)c3ccc(C)cc3)ccc2Cl)cc1. The Morgan fingerprint density at radius 2 is 1.59 bits per heavy atom. The van der Waals surface area contributed by atoms with Crippen molar-refractivity contribution in [1.82, 2.24) is 0 Å². The Bertz CT molecular complexity index is 1270. The maximum atomic E-state index is 12.8. The number of benzene rings is 3. The normalized spacial score (nSPS) is 11.0. The summed E-state index contributed by atoms with van der Waals surface area (Å²) in [5.41, 5.74) is 2.04. The molecule has 0 radical (unpaired) electrons. The van der Waals surface area contributed by atoms with E-state index < -0.39 is 21.9 Å². The lowest BCUT2D eigenvalue weighted by Gasteiger charge is -2.12. The molecule has 0 spiro atoms. The van der Waals surface area contributed by atoms with Crippen molar-refractivity contribution in [1.29, 1.82) is 0 Å². The number of sulfonamides is 1. The van der Waals surface area contributed by atoms with Gasteiger partial charge in [-0.15, -0.1) is 0 Å². The molecule has 34 heavy (non-hydrogen) atoms. The van der Waals surface area contributed by atoms with Crippen molar-refractivity contribution >= 4 is 44.9 Å². The molecule has 1 amide bonds. The molecular formula is C25H25ClN2O5S. The summed E-state index contributed by atoms with van der Waals surface area (Å²) in [5, 5.41) is 2.85. The fourth-order valence-electron chi connectivity index (χ4n) is 2.97. The summed E-state index contributed by atoms with van der Waals surface area (Å²) in [6.45, 7) is 4.23. The topological polar surface area (TPSA) is 102 Å². The molecule has 3 rings (SSSR count). The van der Waals surface area contributed by atoms with E-state index in [4.69, 9.17) is 16.3 Å². The summed E-state index contributed by atoms with van der Waals surface area (Å²) in [6, 6.07) is 16.9. The van der Waals surface area contributed by atoms with Crippen LogP contribution >= 0.6 is 11.6 Å². The van der Waals surface area contributed by atoms with Gasteiger partial charge in [-0.05, 0) is 67.9 Å². The largest absolute Gasteiger partial charge is 0.462 e. The highest BCUT2D eigenvalue weighted by atomic mass is 35.5. The summed E-state index contributed by atoms with van der Waals surface area (Å²) >= 11 is 6.19. The van der Waals surface area contributed by atoms with Crippen molar-refractivity contribution in [3.8, 4) is 0 Å². The molecule has 2 N–H and O–H groups in total. The number of hydrogen-bond acceptors (Lipinski definition) is 5. The highest BCUT2D eigenvalue weighted by molar-refractivity contribution is 7.92. The first-order valence-electron chi connectivity index (χ1n) is 10.7. The molecule has 0 aliphatic rings. The molecule has 9 heteroatoms. The second-order valence-corrected chi connectivity index (χ2v) is 9.72. The first kappa shape index (κ1) is 25.3. The number of unbranched alkanes of at least 4 members (excludes halogenated alkanes) is 1. The van der Waals surface area contributed by atoms with Gasteiger partial charge in [-0.3, -0.25) is 9.52 Å². The minimum Gasteiger partial charge on any atom is -0.462 e. The minimum atomic E-state index is -3.83. The van der Waals surface area contributed by atoms with E-state index in [1.807, 2.05) is 13.8 Å². The van der Waals surface area contributed by atoms with Gasteiger partial charge in [0.15, 0.2) is 0 Å². The number of halogens is 1. The van der Waals surface area contributed by atoms with Gasteiger partial charge in [-0.25, -0.2) is 13.2 Å². The summed E-state index contributed by atoms with van der Waals surface area (Å²) < 4.78 is 32.9. The van der Waals surface area contributed by atoms with Gasteiger partial charge < -0.3 is 10.1 Å². The zero-order valence-electron chi connectivity index (χ0n) is 18.8. The number of anilines is 2. The fraction of sp³-hybridized carbons (Fsp3) is 0.200. The second kappa shape index (κ2) is 11.2. The third kappa shape index (κ3) is 6.59. The number of amides is 1. The molecule has 3 aromatic carbocycles. The highest BCUT2D eigenvalue weighted by Gasteiger charge is 2.17. The maximum Gasteiger partial charge on any atom is 0.338 e. The van der Waals surface area contributed by atoms with E-state index >= 15 is 0 Å². The van der Waals surface area contributed by atoms with E-state index in [9.17, 15) is 18.0 Å². The van der Waals surface area contributed by atoms with Crippen LogP contribution in [0.4, 0.5) is 11.4 Å². The molecule has 0 saturated heterocycles. The van der Waals surface area contributed by atoms with E-state index in [1.165, 1.54) is 30.3 Å². The molecule has 0 aliphatic heterocycles. The predicted molar refractivity (Wildman–Crippen MR) is 133 cm³/mol. The number of carbonyl (C=O) groups excluding carboxylic acids is 2. The van der Waals surface area contributed by atoms with E-state index in [0.717, 1.165) is 18.4 Å². The number of carbonyl (C=O) groups is 2. The van der Waals surface area contributed by atoms with Crippen LogP contribution in [0.2, 0.25) is 5.02 Å². The quantitative estimate of drug-likeness (QED) is 0.291. The van der Waals surface area contributed by atoms with Crippen LogP contribution in [0.3, 0.4) is 0 Å². The van der Waals surface area contributed by atoms with Crippen molar-refractivity contribution < 1.29 is 22.7 Å². The van der Waals surface area contributed by atoms with Gasteiger partial charge in [0.25, 0.3) is 15.9 Å². The summed E-state index contributed by atoms with van der Waals surface area (Å²) in [6.07, 6.45) is 1.72. The van der Waals surface area contributed by atoms with Crippen LogP contribution in [0.25, 0.3) is 0 Å². The van der Waals surface area contributed by atoms with Crippen molar-refractivity contribution in [2.45, 2.75) is 31.6 Å². The Balaban J connectivity index is 1.71. The Morgan fingerprint density at radius 1 is 0.941 bits per heavy atom. The number of rotatable bonds is 9. The summed E-state index contributed by atoms with van der Waals surface area (Å²) in [7, 11) is -3.83. The van der Waals surface area contributed by atoms with E-state index in [1.54, 1.807) is 36.4 Å². The number of hydrogen-bond donors (Lipinski definition) is 2. The van der Waals surface area contributed by atoms with E-state index in [2.05, 4.69) is 10.0 Å². The Hall–Kier alpha value is -3.36. The molecule has 0 atom stereocenters. The third-order valence-corrected chi connectivity index (χ3v) is 6.63.